The van der Waals surface area contributed by atoms with Crippen molar-refractivity contribution in [2.24, 2.45) is 0 Å². The second kappa shape index (κ2) is 9.42. The highest BCUT2D eigenvalue weighted by atomic mass is 32.2. The van der Waals surface area contributed by atoms with E-state index >= 15 is 0 Å². The number of sulfone groups is 1. The van der Waals surface area contributed by atoms with Crippen molar-refractivity contribution >= 4 is 27.7 Å². The van der Waals surface area contributed by atoms with E-state index in [2.05, 4.69) is 10.6 Å². The molecule has 4 rings (SSSR count). The van der Waals surface area contributed by atoms with E-state index in [1.807, 2.05) is 43.3 Å². The van der Waals surface area contributed by atoms with Crippen molar-refractivity contribution in [1.82, 2.24) is 10.6 Å². The molecule has 0 radical (unpaired) electrons. The largest absolute Gasteiger partial charge is 0.352 e. The summed E-state index contributed by atoms with van der Waals surface area (Å²) in [7, 11) is -3.78. The van der Waals surface area contributed by atoms with Gasteiger partial charge in [0.05, 0.1) is 4.90 Å². The van der Waals surface area contributed by atoms with Crippen LogP contribution >= 0.6 is 0 Å². The van der Waals surface area contributed by atoms with Crippen LogP contribution in [0.15, 0.2) is 82.6 Å². The maximum absolute atomic E-state index is 12.5. The number of carbonyl (C=O) groups is 2. The molecule has 7 heteroatoms. The second-order valence-electron chi connectivity index (χ2n) is 7.81. The molecule has 33 heavy (non-hydrogen) atoms. The van der Waals surface area contributed by atoms with Gasteiger partial charge in [-0.15, -0.1) is 0 Å². The molecule has 1 heterocycles. The van der Waals surface area contributed by atoms with Gasteiger partial charge in [0.25, 0.3) is 11.8 Å². The fraction of sp³-hybridized carbons (Fsp3) is 0.154. The molecule has 2 N–H and O–H groups in total. The summed E-state index contributed by atoms with van der Waals surface area (Å²) in [5, 5.41) is 5.44. The van der Waals surface area contributed by atoms with E-state index in [-0.39, 0.29) is 22.3 Å². The van der Waals surface area contributed by atoms with Crippen LogP contribution in [0.3, 0.4) is 0 Å². The van der Waals surface area contributed by atoms with Crippen molar-refractivity contribution < 1.29 is 18.0 Å². The first-order chi connectivity index (χ1) is 15.9. The lowest BCUT2D eigenvalue weighted by atomic mass is 9.99. The highest BCUT2D eigenvalue weighted by Crippen LogP contribution is 2.32. The molecule has 1 aliphatic heterocycles. The SMILES string of the molecule is Cc1ccccc1-c1ccc(C(=O)NCCCNC(=O)C2=Cc3ccccc3S2(=O)=O)cc1. The summed E-state index contributed by atoms with van der Waals surface area (Å²) in [4.78, 5) is 24.7. The summed E-state index contributed by atoms with van der Waals surface area (Å²) in [6.07, 6.45) is 1.86. The van der Waals surface area contributed by atoms with Crippen LogP contribution in [0.1, 0.15) is 27.9 Å². The van der Waals surface area contributed by atoms with Gasteiger partial charge in [0.2, 0.25) is 9.84 Å². The number of nitrogens with one attached hydrogen (secondary N) is 2. The third-order valence-electron chi connectivity index (χ3n) is 5.54. The van der Waals surface area contributed by atoms with Gasteiger partial charge in [-0.1, -0.05) is 54.6 Å². The average Bonchev–Trinajstić information content (AvgIpc) is 3.10. The number of fused-ring (bicyclic) bond motifs is 1. The van der Waals surface area contributed by atoms with Crippen molar-refractivity contribution in [3.05, 3.63) is 94.4 Å². The van der Waals surface area contributed by atoms with Gasteiger partial charge in [0.1, 0.15) is 4.91 Å². The molecule has 0 saturated carbocycles. The van der Waals surface area contributed by atoms with Crippen molar-refractivity contribution in [2.45, 2.75) is 18.2 Å². The lowest BCUT2D eigenvalue weighted by Crippen LogP contribution is -2.31. The number of rotatable bonds is 7. The molecule has 168 valence electrons. The topological polar surface area (TPSA) is 92.3 Å². The number of benzene rings is 3. The molecular weight excluding hydrogens is 436 g/mol. The van der Waals surface area contributed by atoms with Crippen LogP contribution in [-0.2, 0) is 14.6 Å². The zero-order valence-electron chi connectivity index (χ0n) is 18.2. The lowest BCUT2D eigenvalue weighted by Gasteiger charge is -2.09. The zero-order chi connectivity index (χ0) is 23.4. The van der Waals surface area contributed by atoms with Gasteiger partial charge < -0.3 is 10.6 Å². The van der Waals surface area contributed by atoms with E-state index in [4.69, 9.17) is 0 Å². The molecule has 3 aromatic carbocycles. The number of aryl methyl sites for hydroxylation is 1. The Balaban J connectivity index is 1.25. The molecule has 1 aliphatic rings. The predicted molar refractivity (Wildman–Crippen MR) is 128 cm³/mol. The molecule has 0 bridgehead atoms. The Kier molecular flexibility index (Phi) is 6.42. The van der Waals surface area contributed by atoms with E-state index in [0.29, 0.717) is 24.1 Å². The van der Waals surface area contributed by atoms with Crippen molar-refractivity contribution in [1.29, 1.82) is 0 Å². The lowest BCUT2D eigenvalue weighted by molar-refractivity contribution is -0.116. The van der Waals surface area contributed by atoms with Crippen LogP contribution in [0.25, 0.3) is 17.2 Å². The molecule has 0 saturated heterocycles. The van der Waals surface area contributed by atoms with Gasteiger partial charge in [-0.05, 0) is 59.9 Å². The molecule has 0 spiro atoms. The van der Waals surface area contributed by atoms with E-state index in [1.54, 1.807) is 30.3 Å². The van der Waals surface area contributed by atoms with Gasteiger partial charge in [0.15, 0.2) is 0 Å². The minimum Gasteiger partial charge on any atom is -0.352 e. The summed E-state index contributed by atoms with van der Waals surface area (Å²) >= 11 is 0. The summed E-state index contributed by atoms with van der Waals surface area (Å²) in [5.41, 5.74) is 4.41. The van der Waals surface area contributed by atoms with E-state index < -0.39 is 15.7 Å². The van der Waals surface area contributed by atoms with Crippen molar-refractivity contribution in [3.63, 3.8) is 0 Å². The first-order valence-electron chi connectivity index (χ1n) is 10.7. The van der Waals surface area contributed by atoms with Crippen molar-refractivity contribution in [2.75, 3.05) is 13.1 Å². The molecule has 0 aliphatic carbocycles. The number of carbonyl (C=O) groups excluding carboxylic acids is 2. The number of hydrogen-bond donors (Lipinski definition) is 2. The predicted octanol–water partition coefficient (Wildman–Crippen LogP) is 3.73. The Morgan fingerprint density at radius 3 is 2.12 bits per heavy atom. The fourth-order valence-corrected chi connectivity index (χ4v) is 5.28. The maximum atomic E-state index is 12.5. The third-order valence-corrected chi connectivity index (χ3v) is 7.37. The summed E-state index contributed by atoms with van der Waals surface area (Å²) in [6, 6.07) is 22.0. The van der Waals surface area contributed by atoms with Crippen LogP contribution in [-0.4, -0.2) is 33.3 Å². The first-order valence-corrected chi connectivity index (χ1v) is 12.1. The van der Waals surface area contributed by atoms with Crippen LogP contribution in [0.5, 0.6) is 0 Å². The normalized spacial score (nSPS) is 13.7. The van der Waals surface area contributed by atoms with E-state index in [9.17, 15) is 18.0 Å². The second-order valence-corrected chi connectivity index (χ2v) is 9.69. The molecular formula is C26H24N2O4S. The highest BCUT2D eigenvalue weighted by molar-refractivity contribution is 7.96. The van der Waals surface area contributed by atoms with Crippen LogP contribution in [0, 0.1) is 6.92 Å². The molecule has 0 fully saturated rings. The van der Waals surface area contributed by atoms with Crippen LogP contribution in [0.2, 0.25) is 0 Å². The number of hydrogen-bond acceptors (Lipinski definition) is 4. The standard InChI is InChI=1S/C26H24N2O4S/c1-18-7-2-4-9-22(18)19-11-13-20(14-12-19)25(29)27-15-6-16-28-26(30)24-17-21-8-3-5-10-23(21)33(24,31)32/h2-5,7-14,17H,6,15-16H2,1H3,(H,27,29)(H,28,30). The Morgan fingerprint density at radius 1 is 0.788 bits per heavy atom. The first kappa shape index (κ1) is 22.5. The molecule has 6 nitrogen and oxygen atoms in total. The number of amides is 2. The quantitative estimate of drug-likeness (QED) is 0.526. The smallest absolute Gasteiger partial charge is 0.263 e. The Bertz CT molecular complexity index is 1340. The van der Waals surface area contributed by atoms with Gasteiger partial charge >= 0.3 is 0 Å². The Labute approximate surface area is 193 Å². The van der Waals surface area contributed by atoms with Gasteiger partial charge in [-0.25, -0.2) is 8.42 Å². The van der Waals surface area contributed by atoms with E-state index in [1.165, 1.54) is 17.7 Å². The maximum Gasteiger partial charge on any atom is 0.263 e. The molecule has 3 aromatic rings. The minimum atomic E-state index is -3.78. The van der Waals surface area contributed by atoms with Gasteiger partial charge in [0, 0.05) is 18.7 Å². The monoisotopic (exact) mass is 460 g/mol. The van der Waals surface area contributed by atoms with Crippen molar-refractivity contribution in [3.8, 4) is 11.1 Å². The van der Waals surface area contributed by atoms with Crippen LogP contribution in [0.4, 0.5) is 0 Å². The average molecular weight is 461 g/mol. The Morgan fingerprint density at radius 2 is 1.42 bits per heavy atom. The van der Waals surface area contributed by atoms with Gasteiger partial charge in [-0.3, -0.25) is 9.59 Å². The summed E-state index contributed by atoms with van der Waals surface area (Å²) in [5.74, 6) is -0.835. The van der Waals surface area contributed by atoms with Crippen LogP contribution < -0.4 is 10.6 Å². The van der Waals surface area contributed by atoms with E-state index in [0.717, 1.165) is 11.1 Å². The van der Waals surface area contributed by atoms with Gasteiger partial charge in [-0.2, -0.15) is 0 Å². The molecule has 0 aromatic heterocycles. The molecule has 0 atom stereocenters. The fourth-order valence-electron chi connectivity index (χ4n) is 3.75. The summed E-state index contributed by atoms with van der Waals surface area (Å²) in [6.45, 7) is 2.64. The Hall–Kier alpha value is -3.71. The summed E-state index contributed by atoms with van der Waals surface area (Å²) < 4.78 is 25.0. The minimum absolute atomic E-state index is 0.149. The molecule has 0 unspecified atom stereocenters. The zero-order valence-corrected chi connectivity index (χ0v) is 19.0. The molecule has 2 amide bonds. The highest BCUT2D eigenvalue weighted by Gasteiger charge is 2.33. The third kappa shape index (κ3) is 4.73.